The number of nitrogens with zero attached hydrogens (tertiary/aromatic N) is 4. The smallest absolute Gasteiger partial charge is 0.264 e. The first-order valence-electron chi connectivity index (χ1n) is 12.1. The number of carbonyl (C=O) groups is 1. The minimum absolute atomic E-state index is 0.119. The molecule has 2 aromatic heterocycles. The number of carbonyl (C=O) groups excluding carboxylic acids is 1. The summed E-state index contributed by atoms with van der Waals surface area (Å²) in [6.45, 7) is 4.37. The molecule has 0 saturated carbocycles. The van der Waals surface area contributed by atoms with E-state index in [-0.39, 0.29) is 23.9 Å². The van der Waals surface area contributed by atoms with Gasteiger partial charge in [-0.25, -0.2) is 13.4 Å². The molecular weight excluding hydrogens is 516 g/mol. The molecule has 5 rings (SSSR count). The lowest BCUT2D eigenvalue weighted by molar-refractivity contribution is 0.0985. The van der Waals surface area contributed by atoms with E-state index in [9.17, 15) is 13.2 Å². The van der Waals surface area contributed by atoms with E-state index >= 15 is 0 Å². The lowest BCUT2D eigenvalue weighted by Crippen LogP contribution is -2.31. The van der Waals surface area contributed by atoms with Gasteiger partial charge in [-0.15, -0.1) is 0 Å². The van der Waals surface area contributed by atoms with Crippen LogP contribution in [0.1, 0.15) is 28.4 Å². The zero-order chi connectivity index (χ0) is 26.7. The first-order chi connectivity index (χ1) is 18.4. The Morgan fingerprint density at radius 1 is 0.947 bits per heavy atom. The Morgan fingerprint density at radius 2 is 1.71 bits per heavy atom. The van der Waals surface area contributed by atoms with Gasteiger partial charge in [0.05, 0.1) is 27.3 Å². The summed E-state index contributed by atoms with van der Waals surface area (Å²) in [5.74, 6) is -0.274. The molecule has 0 aliphatic heterocycles. The molecule has 3 aromatic carbocycles. The van der Waals surface area contributed by atoms with E-state index in [4.69, 9.17) is 4.98 Å². The molecule has 2 heterocycles. The van der Waals surface area contributed by atoms with Crippen molar-refractivity contribution in [3.05, 3.63) is 114 Å². The van der Waals surface area contributed by atoms with Crippen molar-refractivity contribution in [3.8, 4) is 0 Å². The summed E-state index contributed by atoms with van der Waals surface area (Å²) in [5, 5.41) is 0.567. The van der Waals surface area contributed by atoms with Crippen molar-refractivity contribution in [3.63, 3.8) is 0 Å². The molecule has 0 fully saturated rings. The van der Waals surface area contributed by atoms with Crippen molar-refractivity contribution >= 4 is 48.3 Å². The minimum Gasteiger partial charge on any atom is -0.279 e. The second-order valence-electron chi connectivity index (χ2n) is 8.75. The first-order valence-corrected chi connectivity index (χ1v) is 14.4. The molecule has 0 aliphatic rings. The zero-order valence-electron chi connectivity index (χ0n) is 21.0. The number of para-hydroxylation sites is 1. The fraction of sp³-hybridized carbons (Fsp3) is 0.138. The largest absolute Gasteiger partial charge is 0.279 e. The third-order valence-electron chi connectivity index (χ3n) is 6.09. The van der Waals surface area contributed by atoms with Crippen molar-refractivity contribution in [1.82, 2.24) is 9.97 Å². The highest BCUT2D eigenvalue weighted by molar-refractivity contribution is 7.92. The Morgan fingerprint density at radius 3 is 2.39 bits per heavy atom. The van der Waals surface area contributed by atoms with Crippen LogP contribution in [0.4, 0.5) is 10.8 Å². The monoisotopic (exact) mass is 542 g/mol. The number of fused-ring (bicyclic) bond motifs is 1. The van der Waals surface area contributed by atoms with Crippen LogP contribution in [-0.4, -0.2) is 30.8 Å². The maximum absolute atomic E-state index is 13.8. The Hall–Kier alpha value is -4.08. The summed E-state index contributed by atoms with van der Waals surface area (Å²) in [6.07, 6.45) is 3.40. The van der Waals surface area contributed by atoms with Gasteiger partial charge in [0.1, 0.15) is 0 Å². The molecule has 0 unspecified atom stereocenters. The molecule has 9 heteroatoms. The van der Waals surface area contributed by atoms with E-state index in [0.29, 0.717) is 16.4 Å². The summed E-state index contributed by atoms with van der Waals surface area (Å²) >= 11 is 1.44. The fourth-order valence-corrected chi connectivity index (χ4v) is 6.71. The third kappa shape index (κ3) is 5.16. The van der Waals surface area contributed by atoms with Crippen molar-refractivity contribution in [2.24, 2.45) is 0 Å². The van der Waals surface area contributed by atoms with Crippen LogP contribution < -0.4 is 9.21 Å². The average Bonchev–Trinajstić information content (AvgIpc) is 3.36. The number of anilines is 2. The Kier molecular flexibility index (Phi) is 7.22. The predicted octanol–water partition coefficient (Wildman–Crippen LogP) is 6.06. The number of pyridine rings is 1. The van der Waals surface area contributed by atoms with Gasteiger partial charge in [-0.2, -0.15) is 0 Å². The number of thiazole rings is 1. The van der Waals surface area contributed by atoms with Gasteiger partial charge in [-0.3, -0.25) is 19.0 Å². The number of hydrogen-bond acceptors (Lipinski definition) is 6. The van der Waals surface area contributed by atoms with E-state index < -0.39 is 10.0 Å². The van der Waals surface area contributed by atoms with E-state index in [1.54, 1.807) is 60.6 Å². The number of amides is 1. The molecule has 38 heavy (non-hydrogen) atoms. The Balaban J connectivity index is 1.48. The minimum atomic E-state index is -3.80. The van der Waals surface area contributed by atoms with Crippen LogP contribution in [-0.2, 0) is 16.6 Å². The quantitative estimate of drug-likeness (QED) is 0.238. The van der Waals surface area contributed by atoms with Crippen LogP contribution in [0.2, 0.25) is 0 Å². The normalized spacial score (nSPS) is 11.4. The molecular formula is C29H26N4O3S2. The van der Waals surface area contributed by atoms with Gasteiger partial charge in [0.2, 0.25) is 0 Å². The summed E-state index contributed by atoms with van der Waals surface area (Å²) in [5.41, 5.74) is 3.75. The lowest BCUT2D eigenvalue weighted by atomic mass is 10.2. The molecule has 1 amide bonds. The summed E-state index contributed by atoms with van der Waals surface area (Å²) in [4.78, 5) is 24.4. The van der Waals surface area contributed by atoms with Gasteiger partial charge >= 0.3 is 0 Å². The molecule has 0 radical (unpaired) electrons. The molecule has 0 spiro atoms. The standard InChI is InChI=1S/C29H26N4O3S2/c1-3-33(24-9-5-4-6-10-24)38(35,36)25-14-12-23(13-15-25)28(34)32(20-22-8-7-17-30-19-22)29-31-26-16-11-21(2)18-27(26)37-29/h4-19H,3,20H2,1-2H3. The lowest BCUT2D eigenvalue weighted by Gasteiger charge is -2.23. The molecule has 0 aliphatic carbocycles. The molecule has 5 aromatic rings. The highest BCUT2D eigenvalue weighted by Crippen LogP contribution is 2.32. The van der Waals surface area contributed by atoms with Crippen molar-refractivity contribution in [1.29, 1.82) is 0 Å². The molecule has 0 N–H and O–H groups in total. The number of aryl methyl sites for hydroxylation is 1. The molecule has 7 nitrogen and oxygen atoms in total. The van der Waals surface area contributed by atoms with E-state index in [1.165, 1.54) is 27.8 Å². The van der Waals surface area contributed by atoms with E-state index in [1.807, 2.05) is 37.3 Å². The zero-order valence-corrected chi connectivity index (χ0v) is 22.6. The summed E-state index contributed by atoms with van der Waals surface area (Å²) < 4.78 is 29.1. The van der Waals surface area contributed by atoms with Crippen molar-refractivity contribution < 1.29 is 13.2 Å². The van der Waals surface area contributed by atoms with Crippen LogP contribution in [0.3, 0.4) is 0 Å². The Labute approximate surface area is 226 Å². The van der Waals surface area contributed by atoms with Gasteiger partial charge < -0.3 is 0 Å². The second-order valence-corrected chi connectivity index (χ2v) is 11.6. The molecule has 0 bridgehead atoms. The van der Waals surface area contributed by atoms with Crippen LogP contribution >= 0.6 is 11.3 Å². The topological polar surface area (TPSA) is 83.5 Å². The third-order valence-corrected chi connectivity index (χ3v) is 9.05. The molecule has 0 saturated heterocycles. The van der Waals surface area contributed by atoms with Crippen LogP contribution in [0, 0.1) is 6.92 Å². The van der Waals surface area contributed by atoms with Crippen LogP contribution in [0.5, 0.6) is 0 Å². The average molecular weight is 543 g/mol. The van der Waals surface area contributed by atoms with Crippen LogP contribution in [0.25, 0.3) is 10.2 Å². The van der Waals surface area contributed by atoms with Gasteiger partial charge in [-0.1, -0.05) is 41.7 Å². The van der Waals surface area contributed by atoms with Gasteiger partial charge in [0.15, 0.2) is 5.13 Å². The fourth-order valence-electron chi connectivity index (χ4n) is 4.17. The van der Waals surface area contributed by atoms with Crippen LogP contribution in [0.15, 0.2) is 102 Å². The van der Waals surface area contributed by atoms with Gasteiger partial charge in [0, 0.05) is 24.5 Å². The first kappa shape index (κ1) is 25.6. The molecule has 192 valence electrons. The maximum atomic E-state index is 13.8. The number of hydrogen-bond donors (Lipinski definition) is 0. The van der Waals surface area contributed by atoms with E-state index in [0.717, 1.165) is 21.3 Å². The van der Waals surface area contributed by atoms with Crippen molar-refractivity contribution in [2.45, 2.75) is 25.3 Å². The number of benzene rings is 3. The number of sulfonamides is 1. The molecule has 0 atom stereocenters. The number of rotatable bonds is 8. The summed E-state index contributed by atoms with van der Waals surface area (Å²) in [7, 11) is -3.80. The van der Waals surface area contributed by atoms with E-state index in [2.05, 4.69) is 11.1 Å². The SMILES string of the molecule is CCN(c1ccccc1)S(=O)(=O)c1ccc(C(=O)N(Cc2cccnc2)c2nc3ccc(C)cc3s2)cc1. The highest BCUT2D eigenvalue weighted by Gasteiger charge is 2.26. The highest BCUT2D eigenvalue weighted by atomic mass is 32.2. The summed E-state index contributed by atoms with van der Waals surface area (Å²) in [6, 6.07) is 24.8. The van der Waals surface area contributed by atoms with Gasteiger partial charge in [0.25, 0.3) is 15.9 Å². The van der Waals surface area contributed by atoms with Gasteiger partial charge in [-0.05, 0) is 79.6 Å². The van der Waals surface area contributed by atoms with Crippen molar-refractivity contribution in [2.75, 3.05) is 15.7 Å². The number of aromatic nitrogens is 2. The Bertz CT molecular complexity index is 1670. The predicted molar refractivity (Wildman–Crippen MR) is 152 cm³/mol. The second kappa shape index (κ2) is 10.7. The maximum Gasteiger partial charge on any atom is 0.264 e.